The van der Waals surface area contributed by atoms with E-state index in [0.717, 1.165) is 114 Å². The van der Waals surface area contributed by atoms with Crippen LogP contribution in [-0.4, -0.2) is 127 Å². The summed E-state index contributed by atoms with van der Waals surface area (Å²) >= 11 is 0. The second-order valence-corrected chi connectivity index (χ2v) is 54.7. The Bertz CT molecular complexity index is 5640. The molecule has 3 aliphatic heterocycles. The predicted octanol–water partition coefficient (Wildman–Crippen LogP) is 28.9. The van der Waals surface area contributed by atoms with Crippen molar-refractivity contribution in [3.05, 3.63) is 181 Å². The first-order valence-electron chi connectivity index (χ1n) is 56.7. The average Bonchev–Trinajstić information content (AvgIpc) is 1.62. The lowest BCUT2D eigenvalue weighted by Gasteiger charge is -2.35. The second-order valence-electron chi connectivity index (χ2n) is 54.7. The van der Waals surface area contributed by atoms with Gasteiger partial charge in [0.25, 0.3) is 23.6 Å². The van der Waals surface area contributed by atoms with Crippen LogP contribution >= 0.6 is 0 Å². The van der Waals surface area contributed by atoms with Crippen LogP contribution in [0.2, 0.25) is 0 Å². The van der Waals surface area contributed by atoms with Gasteiger partial charge in [-0.1, -0.05) is 268 Å². The van der Waals surface area contributed by atoms with Crippen molar-refractivity contribution in [1.29, 1.82) is 0 Å². The molecule has 18 heteroatoms. The molecule has 5 amide bonds. The Morgan fingerprint density at radius 1 is 0.356 bits per heavy atom. The third-order valence-corrected chi connectivity index (χ3v) is 33.1. The number of nitrogens with two attached hydrogens (primary N) is 1. The molecule has 0 bridgehead atoms. The van der Waals surface area contributed by atoms with Crippen molar-refractivity contribution < 1.29 is 38.6 Å². The van der Waals surface area contributed by atoms with Gasteiger partial charge in [0.2, 0.25) is 5.91 Å². The largest absolute Gasteiger partial charge is 0.390 e. The van der Waals surface area contributed by atoms with Gasteiger partial charge >= 0.3 is 0 Å². The van der Waals surface area contributed by atoms with Gasteiger partial charge in [0, 0.05) is 132 Å². The maximum Gasteiger partial charge on any atom is 0.255 e. The first kappa shape index (κ1) is 116. The molecule has 0 radical (unpaired) electrons. The van der Waals surface area contributed by atoms with Crippen LogP contribution in [0.1, 0.15) is 456 Å². The Morgan fingerprint density at radius 2 is 0.644 bits per heavy atom. The minimum absolute atomic E-state index is 0.0275. The van der Waals surface area contributed by atoms with Gasteiger partial charge in [-0.15, -0.1) is 0 Å². The maximum atomic E-state index is 13.8. The number of carbonyl (C=O) groups is 5. The molecule has 1 unspecified atom stereocenters. The fraction of sp³-hybridized carbons (Fsp3) is 0.656. The van der Waals surface area contributed by atoms with Crippen molar-refractivity contribution >= 4 is 29.5 Å². The highest BCUT2D eigenvalue weighted by Crippen LogP contribution is 2.45. The fourth-order valence-electron chi connectivity index (χ4n) is 22.2. The van der Waals surface area contributed by atoms with E-state index in [1.165, 1.54) is 202 Å². The van der Waals surface area contributed by atoms with E-state index in [9.17, 15) is 29.1 Å². The molecule has 3 aromatic carbocycles. The molecular weight excluding hydrogens is 1810 g/mol. The van der Waals surface area contributed by atoms with Crippen molar-refractivity contribution in [2.24, 2.45) is 40.7 Å². The van der Waals surface area contributed by atoms with Gasteiger partial charge in [-0.3, -0.25) is 29.0 Å². The molecule has 146 heavy (non-hydrogen) atoms. The number of likely N-dealkylation sites (tertiary alicyclic amines) is 1. The molecule has 4 aliphatic carbocycles. The molecule has 4 saturated carbocycles. The number of hydrogen-bond donors (Lipinski definition) is 5. The van der Waals surface area contributed by atoms with E-state index in [2.05, 4.69) is 306 Å². The zero-order valence-corrected chi connectivity index (χ0v) is 96.9. The quantitative estimate of drug-likeness (QED) is 0.0407. The lowest BCUT2D eigenvalue weighted by Crippen LogP contribution is -2.48. The zero-order chi connectivity index (χ0) is 107. The molecule has 3 saturated heterocycles. The molecule has 7 fully saturated rings. The summed E-state index contributed by atoms with van der Waals surface area (Å²) in [5, 5.41) is 19.8. The molecule has 0 spiro atoms. The maximum absolute atomic E-state index is 13.8. The molecule has 7 aliphatic rings. The summed E-state index contributed by atoms with van der Waals surface area (Å²) in [4.78, 5) is 72.7. The number of aliphatic hydroxyl groups is 1. The van der Waals surface area contributed by atoms with Crippen molar-refractivity contribution in [2.45, 2.75) is 456 Å². The molecule has 8 aromatic rings. The zero-order valence-electron chi connectivity index (χ0n) is 96.9. The van der Waals surface area contributed by atoms with Crippen LogP contribution in [0, 0.1) is 62.7 Å². The molecule has 5 aromatic heterocycles. The number of pyridine rings is 1. The van der Waals surface area contributed by atoms with E-state index in [0.29, 0.717) is 80.8 Å². The first-order chi connectivity index (χ1) is 68.0. The SMILES string of the molecule is Cc1c(C(=O)N2CCC(C)(O)CC2)cc(-c2cc(C(C)(C)C)cc(C(C)(C)C)c2)n1CC1CCCCC1.Cc1c(C(=O)NC2COC2)cc(-c2cc(C(C)(C)C)cc(C(C)(C)C)c2)n1CC1CCCCCC1.Cc1c(C(=O)NCC(C)(C)C(N)=O)cc(-c2cc(C(C)(C)C)nc(C(C)(C)C)c2)n1CC1CCCCC1.Cc1c(C(=O)NCC2CCCOC2)cc(-c2cc(C(C)(C)C)cc(C(C)(C)C)c2)n1CC1CCCCC1. The number of piperidine rings is 1. The number of ether oxygens (including phenoxy) is 2. The number of aromatic nitrogens is 5. The molecule has 1 atom stereocenters. The molecule has 18 nitrogen and oxygen atoms in total. The van der Waals surface area contributed by atoms with E-state index in [4.69, 9.17) is 20.2 Å². The Hall–Kier alpha value is -8.84. The highest BCUT2D eigenvalue weighted by molar-refractivity contribution is 6.00. The van der Waals surface area contributed by atoms with Gasteiger partial charge in [-0.2, -0.15) is 0 Å². The summed E-state index contributed by atoms with van der Waals surface area (Å²) in [5.41, 5.74) is 31.0. The topological polar surface area (TPSA) is 222 Å². The van der Waals surface area contributed by atoms with Crippen LogP contribution in [0.4, 0.5) is 0 Å². The Labute approximate surface area is 882 Å². The molecular formula is C128H194N10O8. The van der Waals surface area contributed by atoms with Crippen molar-refractivity contribution in [3.63, 3.8) is 0 Å². The van der Waals surface area contributed by atoms with E-state index in [-0.39, 0.29) is 79.5 Å². The first-order valence-corrected chi connectivity index (χ1v) is 56.7. The highest BCUT2D eigenvalue weighted by atomic mass is 16.5. The minimum Gasteiger partial charge on any atom is -0.390 e. The average molecular weight is 2000 g/mol. The fourth-order valence-corrected chi connectivity index (χ4v) is 22.2. The van der Waals surface area contributed by atoms with Gasteiger partial charge in [0.05, 0.1) is 59.1 Å². The van der Waals surface area contributed by atoms with Crippen LogP contribution in [0.3, 0.4) is 0 Å². The predicted molar refractivity (Wildman–Crippen MR) is 606 cm³/mol. The third-order valence-electron chi connectivity index (χ3n) is 33.1. The number of carbonyl (C=O) groups excluding carboxylic acids is 5. The van der Waals surface area contributed by atoms with Crippen LogP contribution in [0.15, 0.2) is 91.0 Å². The summed E-state index contributed by atoms with van der Waals surface area (Å²) in [6.45, 7) is 76.9. The van der Waals surface area contributed by atoms with Crippen LogP contribution < -0.4 is 21.7 Å². The Kier molecular flexibility index (Phi) is 37.6. The van der Waals surface area contributed by atoms with Crippen molar-refractivity contribution in [3.8, 4) is 45.0 Å². The highest BCUT2D eigenvalue weighted by Gasteiger charge is 2.38. The molecule has 6 N–H and O–H groups in total. The lowest BCUT2D eigenvalue weighted by atomic mass is 9.79. The molecule has 804 valence electrons. The summed E-state index contributed by atoms with van der Waals surface area (Å²) in [7, 11) is 0. The normalized spacial score (nSPS) is 18.2. The van der Waals surface area contributed by atoms with Crippen molar-refractivity contribution in [1.82, 2.24) is 44.1 Å². The van der Waals surface area contributed by atoms with Gasteiger partial charge in [0.15, 0.2) is 0 Å². The summed E-state index contributed by atoms with van der Waals surface area (Å²) in [6, 6.07) is 34.3. The summed E-state index contributed by atoms with van der Waals surface area (Å²) in [6.07, 6.45) is 30.8. The van der Waals surface area contributed by atoms with E-state index >= 15 is 0 Å². The molecule has 8 heterocycles. The van der Waals surface area contributed by atoms with Gasteiger partial charge in [0.1, 0.15) is 0 Å². The monoisotopic (exact) mass is 2000 g/mol. The Morgan fingerprint density at radius 3 is 0.932 bits per heavy atom. The number of nitrogens with zero attached hydrogens (tertiary/aromatic N) is 6. The number of primary amides is 1. The second kappa shape index (κ2) is 47.4. The Balaban J connectivity index is 0.000000173. The van der Waals surface area contributed by atoms with Gasteiger partial charge in [-0.05, 0) is 310 Å². The van der Waals surface area contributed by atoms with Crippen LogP contribution in [0.5, 0.6) is 0 Å². The number of nitrogens with one attached hydrogen (secondary N) is 3. The third kappa shape index (κ3) is 30.3. The standard InChI is InChI=1S/2C33H50N2O2.C31H48N4O2.C31H46N2O2/c1-23-28(30(36)34-16-14-33(8,37)15-17-34)21-29(35(23)22-24-12-10-9-11-13-24)25-18-26(31(2,3)4)20-27(19-25)32(5,6)7;1-23-29(31(36)34-20-25-14-11-15-37-22-25)19-30(35(23)21-24-12-9-8-10-13-24)26-16-27(32(2,3)4)18-28(17-26)33(5,6)7;1-20-23(27(36)33-19-31(8,9)28(32)37)17-24(35(20)18-21-13-11-10-12-14-21)22-15-25(29(2,3)4)34-26(16-22)30(5,6)7;1-21-27(29(34)32-26-19-35-20-26)17-28(33(21)18-22-12-10-8-9-11-13-22)23-14-24(30(2,3)4)16-25(15-23)31(5,6)7/h18-21,24,37H,9-17,22H2,1-8H3;16-19,24-25H,8-15,20-22H2,1-7H3,(H,34,36);15-17,21H,10-14,18-19H2,1-9H3,(H2,32,37)(H,33,36);14-17,22,26H,8-13,18-20H2,1-7H3,(H,32,34). The number of benzene rings is 3. The van der Waals surface area contributed by atoms with Gasteiger partial charge in [-0.25, -0.2) is 0 Å². The molecule has 15 rings (SSSR count). The minimum atomic E-state index is -0.814. The van der Waals surface area contributed by atoms with E-state index < -0.39 is 16.9 Å². The van der Waals surface area contributed by atoms with Crippen molar-refractivity contribution in [2.75, 3.05) is 52.6 Å². The number of hydrogen-bond acceptors (Lipinski definition) is 9. The van der Waals surface area contributed by atoms with Crippen LogP contribution in [0.25, 0.3) is 45.0 Å². The smallest absolute Gasteiger partial charge is 0.255 e. The van der Waals surface area contributed by atoms with Gasteiger partial charge < -0.3 is 59.4 Å². The van der Waals surface area contributed by atoms with Crippen LogP contribution in [-0.2, 0) is 83.8 Å². The lowest BCUT2D eigenvalue weighted by molar-refractivity contribution is -0.125. The van der Waals surface area contributed by atoms with E-state index in [1.807, 2.05) is 24.8 Å². The number of amides is 5. The summed E-state index contributed by atoms with van der Waals surface area (Å²) in [5.74, 6) is 2.63. The van der Waals surface area contributed by atoms with E-state index in [1.54, 1.807) is 13.8 Å². The number of rotatable bonds is 22. The summed E-state index contributed by atoms with van der Waals surface area (Å²) < 4.78 is 20.6.